The number of hydrogen-bond acceptors (Lipinski definition) is 23. The van der Waals surface area contributed by atoms with Gasteiger partial charge in [-0.1, -0.05) is 0 Å². The molecule has 6 rings (SSSR count). The van der Waals surface area contributed by atoms with Gasteiger partial charge in [0.15, 0.2) is 0 Å². The Bertz CT molecular complexity index is 4160. The van der Waals surface area contributed by atoms with Crippen LogP contribution < -0.4 is 20.1 Å². The van der Waals surface area contributed by atoms with Crippen LogP contribution in [0.2, 0.25) is 0 Å². The maximum absolute atomic E-state index is 13.2. The van der Waals surface area contributed by atoms with E-state index in [0.29, 0.717) is 56.8 Å². The number of amides is 2. The zero-order chi connectivity index (χ0) is 60.4. The molecular formula is C47H48N10O19S6. The van der Waals surface area contributed by atoms with Gasteiger partial charge in [0.2, 0.25) is 0 Å². The van der Waals surface area contributed by atoms with Gasteiger partial charge in [0.25, 0.3) is 50.6 Å². The normalized spacial score (nSPS) is 12.7. The number of nitrogens with one attached hydrogen (secondary N) is 2. The van der Waals surface area contributed by atoms with Crippen LogP contribution in [0.1, 0.15) is 35.1 Å². The third kappa shape index (κ3) is 18.7. The Hall–Kier alpha value is -7.55. The summed E-state index contributed by atoms with van der Waals surface area (Å²) < 4.78 is 184. The topological polar surface area (TPSA) is 451 Å². The van der Waals surface area contributed by atoms with Gasteiger partial charge in [-0.05, 0) is 148 Å². The van der Waals surface area contributed by atoms with Gasteiger partial charge in [-0.2, -0.15) is 62.5 Å². The van der Waals surface area contributed by atoms with E-state index < -0.39 is 95.1 Å². The highest BCUT2D eigenvalue weighted by molar-refractivity contribution is 7.94. The first-order valence-corrected chi connectivity index (χ1v) is 31.5. The van der Waals surface area contributed by atoms with Gasteiger partial charge >= 0.3 is 6.03 Å². The van der Waals surface area contributed by atoms with Crippen LogP contribution in [-0.2, 0) is 50.6 Å². The van der Waals surface area contributed by atoms with E-state index in [1.54, 1.807) is 70.2 Å². The summed E-state index contributed by atoms with van der Waals surface area (Å²) in [7, 11) is -23.3. The lowest BCUT2D eigenvalue weighted by Gasteiger charge is -2.12. The number of carbonyl (C=O) groups excluding carboxylic acids is 1. The summed E-state index contributed by atoms with van der Waals surface area (Å²) in [6.07, 6.45) is 0.297. The Morgan fingerprint density at radius 1 is 0.451 bits per heavy atom. The molecule has 35 heteroatoms. The quantitative estimate of drug-likeness (QED) is 0.0121. The number of benzene rings is 6. The van der Waals surface area contributed by atoms with Crippen molar-refractivity contribution in [2.45, 2.75) is 60.1 Å². The molecule has 2 amide bonds. The first-order chi connectivity index (χ1) is 38.3. The van der Waals surface area contributed by atoms with Crippen LogP contribution in [0.15, 0.2) is 158 Å². The number of unbranched alkanes of at least 4 members (excludes halogenated alkanes) is 1. The second kappa shape index (κ2) is 26.6. The molecule has 0 bridgehead atoms. The monoisotopic (exact) mass is 1250 g/mol. The van der Waals surface area contributed by atoms with E-state index >= 15 is 0 Å². The first kappa shape index (κ1) is 63.6. The molecule has 0 saturated heterocycles. The van der Waals surface area contributed by atoms with Gasteiger partial charge in [0.05, 0.1) is 49.8 Å². The van der Waals surface area contributed by atoms with Crippen LogP contribution in [0.4, 0.5) is 61.7 Å². The summed E-state index contributed by atoms with van der Waals surface area (Å²) in [6.45, 7) is 6.09. The SMILES string of the molecule is Cc1cc(N=Nc2ccc(S(=O)(=O)O)cc2SO)c(OCCCCS(=O)(=O)O)cc1N=Nc1ccc(NC(=O)Nc2ccc(N=Nc3cc(OCCS(=O)(=O)O)c(N=Nc4ccc(S(=O)(=O)O)cc4S(=O)(=O)O)cc3C)cc2C)c(C)c1. The van der Waals surface area contributed by atoms with Gasteiger partial charge in [-0.15, -0.1) is 20.5 Å². The molecule has 0 unspecified atom stereocenters. The van der Waals surface area contributed by atoms with Crippen molar-refractivity contribution in [2.24, 2.45) is 40.9 Å². The minimum Gasteiger partial charge on any atom is -0.491 e. The van der Waals surface area contributed by atoms with E-state index in [1.165, 1.54) is 24.3 Å². The van der Waals surface area contributed by atoms with Gasteiger partial charge in [-0.25, -0.2) is 4.79 Å². The molecule has 0 heterocycles. The third-order valence-electron chi connectivity index (χ3n) is 11.0. The fourth-order valence-corrected chi connectivity index (χ4v) is 9.98. The van der Waals surface area contributed by atoms with E-state index in [-0.39, 0.29) is 70.6 Å². The predicted molar refractivity (Wildman–Crippen MR) is 298 cm³/mol. The van der Waals surface area contributed by atoms with Gasteiger partial charge in [-0.3, -0.25) is 22.8 Å². The number of ether oxygens (including phenoxy) is 2. The maximum atomic E-state index is 13.2. The summed E-state index contributed by atoms with van der Waals surface area (Å²) in [6, 6.07) is 20.1. The molecule has 0 aliphatic heterocycles. The van der Waals surface area contributed by atoms with Gasteiger partial charge in [0.1, 0.15) is 51.5 Å². The molecule has 82 heavy (non-hydrogen) atoms. The van der Waals surface area contributed by atoms with E-state index in [1.807, 2.05) is 0 Å². The van der Waals surface area contributed by atoms with Crippen LogP contribution in [0.5, 0.6) is 11.5 Å². The van der Waals surface area contributed by atoms with Crippen molar-refractivity contribution in [3.8, 4) is 11.5 Å². The summed E-state index contributed by atoms with van der Waals surface area (Å²) in [4.78, 5) is 10.9. The molecule has 8 N–H and O–H groups in total. The van der Waals surface area contributed by atoms with Crippen molar-refractivity contribution in [1.29, 1.82) is 0 Å². The molecule has 0 aromatic heterocycles. The molecule has 0 fully saturated rings. The molecule has 6 aromatic rings. The van der Waals surface area contributed by atoms with E-state index in [4.69, 9.17) is 14.0 Å². The Morgan fingerprint density at radius 2 is 0.890 bits per heavy atom. The standard InChI is InChI=1S/C47H48N10O19S6/c1-27-19-31(50-54-39-25-43(75-15-5-6-17-78(60,61)62)41(21-29(39)3)56-52-37-13-9-33(80(66,67)68)23-45(37)77-59)7-11-35(27)48-47(58)49-36-12-8-32(20-28(36)2)51-55-40-26-44(76-16-18-79(63,64)65)42(22-30(40)4)57-53-38-14-10-34(81(69,70)71)24-46(38)82(72,73)74/h7-14,19-26,59H,5-6,15-18H2,1-4H3,(H2,48,49,58)(H,60,61,62)(H,63,64,65)(H,66,67,68)(H,69,70,71)(H,72,73,74). The molecule has 0 spiro atoms. The van der Waals surface area contributed by atoms with Crippen molar-refractivity contribution in [2.75, 3.05) is 35.4 Å². The largest absolute Gasteiger partial charge is 0.491 e. The van der Waals surface area contributed by atoms with Crippen molar-refractivity contribution in [3.63, 3.8) is 0 Å². The van der Waals surface area contributed by atoms with Crippen LogP contribution >= 0.6 is 12.0 Å². The fraction of sp³-hybridized carbons (Fsp3) is 0.213. The summed E-state index contributed by atoms with van der Waals surface area (Å²) in [5, 5.41) is 38.9. The molecule has 436 valence electrons. The van der Waals surface area contributed by atoms with Crippen LogP contribution in [-0.4, -0.2) is 100 Å². The maximum Gasteiger partial charge on any atom is 0.323 e. The lowest BCUT2D eigenvalue weighted by Crippen LogP contribution is -2.20. The van der Waals surface area contributed by atoms with Crippen molar-refractivity contribution >= 4 is 126 Å². The number of urea groups is 1. The molecule has 0 radical (unpaired) electrons. The smallest absolute Gasteiger partial charge is 0.323 e. The average Bonchev–Trinajstić information content (AvgIpc) is 3.56. The molecule has 0 saturated carbocycles. The number of anilines is 2. The van der Waals surface area contributed by atoms with Crippen LogP contribution in [0, 0.1) is 27.7 Å². The molecule has 0 aliphatic rings. The zero-order valence-electron chi connectivity index (χ0n) is 43.0. The van der Waals surface area contributed by atoms with Crippen molar-refractivity contribution < 1.29 is 83.7 Å². The highest BCUT2D eigenvalue weighted by atomic mass is 32.2. The van der Waals surface area contributed by atoms with Crippen LogP contribution in [0.25, 0.3) is 0 Å². The number of hydrogen-bond donors (Lipinski definition) is 8. The average molecular weight is 1250 g/mol. The second-order valence-corrected chi connectivity index (χ2v) is 25.3. The molecular weight excluding hydrogens is 1200 g/mol. The predicted octanol–water partition coefficient (Wildman–Crippen LogP) is 11.8. The Morgan fingerprint density at radius 3 is 1.34 bits per heavy atom. The number of azo groups is 4. The highest BCUT2D eigenvalue weighted by Gasteiger charge is 2.22. The minimum absolute atomic E-state index is 0.0126. The fourth-order valence-electron chi connectivity index (χ4n) is 6.92. The number of aryl methyl sites for hydroxylation is 4. The number of rotatable bonds is 24. The molecule has 0 aliphatic carbocycles. The summed E-state index contributed by atoms with van der Waals surface area (Å²) >= 11 is 0.178. The lowest BCUT2D eigenvalue weighted by molar-refractivity contribution is 0.262. The third-order valence-corrected chi connectivity index (χ3v) is 15.6. The Labute approximate surface area is 473 Å². The van der Waals surface area contributed by atoms with Gasteiger partial charge < -0.3 is 24.7 Å². The first-order valence-electron chi connectivity index (χ1n) is 23.2. The van der Waals surface area contributed by atoms with Crippen molar-refractivity contribution in [3.05, 3.63) is 119 Å². The van der Waals surface area contributed by atoms with Crippen molar-refractivity contribution in [1.82, 2.24) is 0 Å². The molecule has 6 aromatic carbocycles. The number of carbonyl (C=O) groups is 1. The second-order valence-electron chi connectivity index (χ2n) is 17.3. The zero-order valence-corrected chi connectivity index (χ0v) is 47.9. The summed E-state index contributed by atoms with van der Waals surface area (Å²) in [5.41, 5.74) is 3.66. The molecule has 29 nitrogen and oxygen atoms in total. The van der Waals surface area contributed by atoms with E-state index in [2.05, 4.69) is 51.5 Å². The molecule has 0 atom stereocenters. The van der Waals surface area contributed by atoms with E-state index in [9.17, 15) is 69.6 Å². The lowest BCUT2D eigenvalue weighted by atomic mass is 10.1. The van der Waals surface area contributed by atoms with Gasteiger partial charge in [0, 0.05) is 35.6 Å². The summed E-state index contributed by atoms with van der Waals surface area (Å²) in [5.74, 6) is -1.37. The minimum atomic E-state index is -5.11. The highest BCUT2D eigenvalue weighted by Crippen LogP contribution is 2.41. The Balaban J connectivity index is 1.15. The van der Waals surface area contributed by atoms with Crippen LogP contribution in [0.3, 0.4) is 0 Å². The number of nitrogens with zero attached hydrogens (tertiary/aromatic N) is 8. The Kier molecular flexibility index (Phi) is 20.6. The van der Waals surface area contributed by atoms with E-state index in [0.717, 1.165) is 24.3 Å².